The Balaban J connectivity index is 2.04. The molecule has 0 radical (unpaired) electrons. The summed E-state index contributed by atoms with van der Waals surface area (Å²) >= 11 is 1.70. The van der Waals surface area contributed by atoms with Gasteiger partial charge < -0.3 is 10.1 Å². The third kappa shape index (κ3) is 5.14. The van der Waals surface area contributed by atoms with Crippen LogP contribution in [0.2, 0.25) is 0 Å². The summed E-state index contributed by atoms with van der Waals surface area (Å²) in [5.74, 6) is 0. The first-order chi connectivity index (χ1) is 7.36. The van der Waals surface area contributed by atoms with E-state index in [1.807, 2.05) is 0 Å². The lowest BCUT2D eigenvalue weighted by Crippen LogP contribution is -2.01. The van der Waals surface area contributed by atoms with E-state index in [-0.39, 0.29) is 0 Å². The average Bonchev–Trinajstić information content (AvgIpc) is 2.71. The summed E-state index contributed by atoms with van der Waals surface area (Å²) in [6.07, 6.45) is 4.57. The number of thiazole rings is 1. The van der Waals surface area contributed by atoms with E-state index in [4.69, 9.17) is 4.74 Å². The third-order valence-electron chi connectivity index (χ3n) is 2.22. The van der Waals surface area contributed by atoms with Crippen LogP contribution in [0.25, 0.3) is 0 Å². The molecule has 0 saturated heterocycles. The van der Waals surface area contributed by atoms with Gasteiger partial charge in [-0.05, 0) is 25.7 Å². The lowest BCUT2D eigenvalue weighted by Gasteiger charge is -2.02. The number of unbranched alkanes of at least 4 members (excludes halogenated alkanes) is 2. The molecule has 0 unspecified atom stereocenters. The summed E-state index contributed by atoms with van der Waals surface area (Å²) in [5, 5.41) is 6.52. The van der Waals surface area contributed by atoms with Crippen LogP contribution in [0.15, 0.2) is 5.38 Å². The number of hydrogen-bond donors (Lipinski definition) is 1. The van der Waals surface area contributed by atoms with Gasteiger partial charge in [-0.3, -0.25) is 0 Å². The van der Waals surface area contributed by atoms with E-state index in [9.17, 15) is 0 Å². The van der Waals surface area contributed by atoms with E-state index in [2.05, 4.69) is 22.6 Å². The highest BCUT2D eigenvalue weighted by Gasteiger charge is 1.98. The Labute approximate surface area is 95.9 Å². The zero-order valence-electron chi connectivity index (χ0n) is 9.58. The predicted octanol–water partition coefficient (Wildman–Crippen LogP) is 2.93. The van der Waals surface area contributed by atoms with Gasteiger partial charge in [0, 0.05) is 25.6 Å². The maximum atomic E-state index is 4.99. The molecular weight excluding hydrogens is 208 g/mol. The van der Waals surface area contributed by atoms with E-state index in [1.54, 1.807) is 18.4 Å². The van der Waals surface area contributed by atoms with Crippen LogP contribution >= 0.6 is 11.3 Å². The number of aromatic nitrogens is 1. The largest absolute Gasteiger partial charge is 0.385 e. The van der Waals surface area contributed by atoms with Crippen molar-refractivity contribution in [3.8, 4) is 0 Å². The summed E-state index contributed by atoms with van der Waals surface area (Å²) < 4.78 is 4.99. The smallest absolute Gasteiger partial charge is 0.182 e. The molecule has 3 nitrogen and oxygen atoms in total. The van der Waals surface area contributed by atoms with Crippen LogP contribution < -0.4 is 5.32 Å². The zero-order valence-corrected chi connectivity index (χ0v) is 10.4. The van der Waals surface area contributed by atoms with Crippen molar-refractivity contribution < 1.29 is 4.74 Å². The second-order valence-corrected chi connectivity index (χ2v) is 4.34. The van der Waals surface area contributed by atoms with Gasteiger partial charge in [0.15, 0.2) is 5.13 Å². The average molecular weight is 228 g/mol. The fraction of sp³-hybridized carbons (Fsp3) is 0.727. The lowest BCUT2D eigenvalue weighted by atomic mass is 10.2. The second-order valence-electron chi connectivity index (χ2n) is 3.48. The van der Waals surface area contributed by atoms with E-state index in [1.165, 1.54) is 18.5 Å². The Morgan fingerprint density at radius 3 is 2.93 bits per heavy atom. The molecule has 0 bridgehead atoms. The van der Waals surface area contributed by atoms with Crippen LogP contribution in [-0.4, -0.2) is 25.2 Å². The number of nitrogens with zero attached hydrogens (tertiary/aromatic N) is 1. The summed E-state index contributed by atoms with van der Waals surface area (Å²) in [6.45, 7) is 4.02. The lowest BCUT2D eigenvalue weighted by molar-refractivity contribution is 0.192. The van der Waals surface area contributed by atoms with Crippen molar-refractivity contribution in [3.63, 3.8) is 0 Å². The Hall–Kier alpha value is -0.610. The van der Waals surface area contributed by atoms with E-state index < -0.39 is 0 Å². The number of aryl methyl sites for hydroxylation is 1. The van der Waals surface area contributed by atoms with E-state index in [0.29, 0.717) is 0 Å². The molecule has 1 rings (SSSR count). The second kappa shape index (κ2) is 7.65. The Kier molecular flexibility index (Phi) is 6.36. The van der Waals surface area contributed by atoms with Gasteiger partial charge in [0.2, 0.25) is 0 Å². The zero-order chi connectivity index (χ0) is 10.9. The van der Waals surface area contributed by atoms with Gasteiger partial charge in [-0.2, -0.15) is 0 Å². The normalized spacial score (nSPS) is 10.5. The van der Waals surface area contributed by atoms with Crippen LogP contribution in [0.1, 0.15) is 31.9 Å². The Morgan fingerprint density at radius 1 is 1.40 bits per heavy atom. The fourth-order valence-corrected chi connectivity index (χ4v) is 2.12. The molecule has 1 aromatic heterocycles. The topological polar surface area (TPSA) is 34.1 Å². The number of rotatable bonds is 8. The minimum atomic E-state index is 0.872. The molecule has 0 spiro atoms. The van der Waals surface area contributed by atoms with Gasteiger partial charge in [-0.1, -0.05) is 6.92 Å². The van der Waals surface area contributed by atoms with Gasteiger partial charge in [0.25, 0.3) is 0 Å². The molecule has 0 aliphatic rings. The Bertz CT molecular complexity index is 263. The van der Waals surface area contributed by atoms with Crippen LogP contribution in [-0.2, 0) is 11.2 Å². The van der Waals surface area contributed by atoms with Crippen LogP contribution in [0.3, 0.4) is 0 Å². The van der Waals surface area contributed by atoms with E-state index >= 15 is 0 Å². The van der Waals surface area contributed by atoms with Crippen molar-refractivity contribution in [2.24, 2.45) is 0 Å². The van der Waals surface area contributed by atoms with Gasteiger partial charge in [0.1, 0.15) is 0 Å². The van der Waals surface area contributed by atoms with Crippen molar-refractivity contribution in [1.82, 2.24) is 4.98 Å². The highest BCUT2D eigenvalue weighted by Crippen LogP contribution is 2.15. The molecule has 86 valence electrons. The predicted molar refractivity (Wildman–Crippen MR) is 65.7 cm³/mol. The van der Waals surface area contributed by atoms with Crippen LogP contribution in [0, 0.1) is 0 Å². The highest BCUT2D eigenvalue weighted by molar-refractivity contribution is 7.13. The molecule has 1 heterocycles. The molecule has 0 atom stereocenters. The first kappa shape index (κ1) is 12.5. The summed E-state index contributed by atoms with van der Waals surface area (Å²) in [5.41, 5.74) is 1.18. The van der Waals surface area contributed by atoms with Crippen molar-refractivity contribution in [2.75, 3.05) is 25.6 Å². The van der Waals surface area contributed by atoms with Gasteiger partial charge in [-0.15, -0.1) is 11.3 Å². The molecule has 15 heavy (non-hydrogen) atoms. The number of anilines is 1. The third-order valence-corrected chi connectivity index (χ3v) is 3.06. The van der Waals surface area contributed by atoms with Crippen molar-refractivity contribution in [3.05, 3.63) is 11.1 Å². The molecule has 0 aliphatic heterocycles. The number of ether oxygens (including phenoxy) is 1. The molecule has 0 saturated carbocycles. The van der Waals surface area contributed by atoms with Crippen molar-refractivity contribution in [1.29, 1.82) is 0 Å². The molecule has 0 aromatic carbocycles. The summed E-state index contributed by atoms with van der Waals surface area (Å²) in [7, 11) is 1.75. The molecule has 0 amide bonds. The number of nitrogens with one attached hydrogen (secondary N) is 1. The number of hydrogen-bond acceptors (Lipinski definition) is 4. The molecule has 1 aromatic rings. The van der Waals surface area contributed by atoms with Crippen molar-refractivity contribution >= 4 is 16.5 Å². The Morgan fingerprint density at radius 2 is 2.27 bits per heavy atom. The molecule has 1 N–H and O–H groups in total. The highest BCUT2D eigenvalue weighted by atomic mass is 32.1. The minimum absolute atomic E-state index is 0.872. The fourth-order valence-electron chi connectivity index (χ4n) is 1.29. The summed E-state index contributed by atoms with van der Waals surface area (Å²) in [6, 6.07) is 0. The molecule has 0 fully saturated rings. The maximum Gasteiger partial charge on any atom is 0.182 e. The van der Waals surface area contributed by atoms with Crippen molar-refractivity contribution in [2.45, 2.75) is 32.6 Å². The summed E-state index contributed by atoms with van der Waals surface area (Å²) in [4.78, 5) is 4.45. The SMILES string of the molecule is CCc1csc(NCCCCCOC)n1. The molecule has 4 heteroatoms. The van der Waals surface area contributed by atoms with Gasteiger partial charge in [0.05, 0.1) is 5.69 Å². The first-order valence-electron chi connectivity index (χ1n) is 5.54. The minimum Gasteiger partial charge on any atom is -0.385 e. The quantitative estimate of drug-likeness (QED) is 0.695. The molecular formula is C11H20N2OS. The monoisotopic (exact) mass is 228 g/mol. The first-order valence-corrected chi connectivity index (χ1v) is 6.42. The number of methoxy groups -OCH3 is 1. The van der Waals surface area contributed by atoms with Gasteiger partial charge in [-0.25, -0.2) is 4.98 Å². The van der Waals surface area contributed by atoms with E-state index in [0.717, 1.165) is 31.1 Å². The molecule has 0 aliphatic carbocycles. The van der Waals surface area contributed by atoms with Gasteiger partial charge >= 0.3 is 0 Å². The van der Waals surface area contributed by atoms with Crippen LogP contribution in [0.5, 0.6) is 0 Å². The standard InChI is InChI=1S/C11H20N2OS/c1-3-10-9-15-11(13-10)12-7-5-4-6-8-14-2/h9H,3-8H2,1-2H3,(H,12,13). The van der Waals surface area contributed by atoms with Crippen LogP contribution in [0.4, 0.5) is 5.13 Å². The maximum absolute atomic E-state index is 4.99.